The number of hydrogen-bond donors (Lipinski definition) is 1. The minimum Gasteiger partial charge on any atom is -0.504 e. The summed E-state index contributed by atoms with van der Waals surface area (Å²) >= 11 is 0. The molecule has 0 radical (unpaired) electrons. The van der Waals surface area contributed by atoms with Crippen molar-refractivity contribution in [3.8, 4) is 34.5 Å². The Hall–Kier alpha value is -3.42. The molecule has 0 spiro atoms. The first-order chi connectivity index (χ1) is 30.4. The highest BCUT2D eigenvalue weighted by Gasteiger charge is 2.40. The molecular formula is C54H88O8. The van der Waals surface area contributed by atoms with Crippen molar-refractivity contribution in [2.75, 3.05) is 33.0 Å². The van der Waals surface area contributed by atoms with Crippen LogP contribution in [0.3, 0.4) is 0 Å². The van der Waals surface area contributed by atoms with E-state index >= 15 is 0 Å². The van der Waals surface area contributed by atoms with Crippen LogP contribution in [0.5, 0.6) is 34.5 Å². The number of aromatic hydroxyl groups is 1. The molecule has 0 fully saturated rings. The van der Waals surface area contributed by atoms with Crippen LogP contribution in [-0.2, 0) is 0 Å². The molecule has 0 unspecified atom stereocenters. The van der Waals surface area contributed by atoms with Crippen molar-refractivity contribution in [2.24, 2.45) is 0 Å². The molecule has 0 heterocycles. The molecule has 2 aromatic rings. The van der Waals surface area contributed by atoms with Crippen LogP contribution in [0, 0.1) is 0 Å². The SMILES string of the molecule is CCCCCCCCOc1cc2c(c(O)c1OCCCCCCCC)C(=O)c1cc(OCCCCCCCC)c(OCCCCCCCC)c(OCCCCCCCC)c1C2=O. The number of rotatable bonds is 40. The van der Waals surface area contributed by atoms with E-state index in [9.17, 15) is 14.7 Å². The summed E-state index contributed by atoms with van der Waals surface area (Å²) in [4.78, 5) is 29.7. The van der Waals surface area contributed by atoms with E-state index in [4.69, 9.17) is 23.7 Å². The van der Waals surface area contributed by atoms with Crippen molar-refractivity contribution in [3.63, 3.8) is 0 Å². The summed E-state index contributed by atoms with van der Waals surface area (Å²) in [6.07, 6.45) is 33.0. The van der Waals surface area contributed by atoms with Gasteiger partial charge >= 0.3 is 0 Å². The lowest BCUT2D eigenvalue weighted by Gasteiger charge is -2.26. The van der Waals surface area contributed by atoms with Gasteiger partial charge in [-0.25, -0.2) is 0 Å². The Morgan fingerprint density at radius 1 is 0.339 bits per heavy atom. The first-order valence-corrected chi connectivity index (χ1v) is 25.8. The normalized spacial score (nSPS) is 12.1. The fourth-order valence-electron chi connectivity index (χ4n) is 8.25. The molecule has 8 heteroatoms. The van der Waals surface area contributed by atoms with Gasteiger partial charge in [0.15, 0.2) is 34.6 Å². The van der Waals surface area contributed by atoms with Crippen LogP contribution in [0.25, 0.3) is 0 Å². The van der Waals surface area contributed by atoms with Crippen LogP contribution in [-0.4, -0.2) is 49.7 Å². The monoisotopic (exact) mass is 865 g/mol. The van der Waals surface area contributed by atoms with E-state index in [1.165, 1.54) is 96.3 Å². The van der Waals surface area contributed by atoms with E-state index in [0.717, 1.165) is 96.3 Å². The summed E-state index contributed by atoms with van der Waals surface area (Å²) in [7, 11) is 0. The number of hydrogen-bond acceptors (Lipinski definition) is 8. The molecule has 0 saturated heterocycles. The van der Waals surface area contributed by atoms with Gasteiger partial charge in [-0.15, -0.1) is 0 Å². The van der Waals surface area contributed by atoms with Crippen molar-refractivity contribution in [1.29, 1.82) is 0 Å². The zero-order valence-electron chi connectivity index (χ0n) is 40.2. The largest absolute Gasteiger partial charge is 0.504 e. The molecule has 62 heavy (non-hydrogen) atoms. The van der Waals surface area contributed by atoms with E-state index in [-0.39, 0.29) is 39.5 Å². The maximum absolute atomic E-state index is 14.9. The first-order valence-electron chi connectivity index (χ1n) is 25.8. The van der Waals surface area contributed by atoms with Crippen LogP contribution in [0.1, 0.15) is 259 Å². The lowest BCUT2D eigenvalue weighted by molar-refractivity contribution is 0.0969. The zero-order valence-corrected chi connectivity index (χ0v) is 40.2. The molecule has 1 aliphatic carbocycles. The van der Waals surface area contributed by atoms with Crippen LogP contribution in [0.4, 0.5) is 0 Å². The number of fused-ring (bicyclic) bond motifs is 2. The number of phenols is 1. The number of carbonyl (C=O) groups is 2. The van der Waals surface area contributed by atoms with Crippen molar-refractivity contribution < 1.29 is 38.4 Å². The average molecular weight is 865 g/mol. The van der Waals surface area contributed by atoms with E-state index < -0.39 is 11.6 Å². The molecule has 1 aliphatic rings. The summed E-state index contributed by atoms with van der Waals surface area (Å²) in [6, 6.07) is 3.27. The molecule has 0 aliphatic heterocycles. The van der Waals surface area contributed by atoms with Crippen molar-refractivity contribution in [2.45, 2.75) is 227 Å². The highest BCUT2D eigenvalue weighted by atomic mass is 16.5. The maximum Gasteiger partial charge on any atom is 0.204 e. The Bertz CT molecular complexity index is 1530. The van der Waals surface area contributed by atoms with Crippen molar-refractivity contribution in [3.05, 3.63) is 34.4 Å². The second-order valence-electron chi connectivity index (χ2n) is 17.7. The maximum atomic E-state index is 14.9. The van der Waals surface area contributed by atoms with Gasteiger partial charge in [0.2, 0.25) is 11.5 Å². The third-order valence-electron chi connectivity index (χ3n) is 12.1. The average Bonchev–Trinajstić information content (AvgIpc) is 3.27. The number of ketones is 2. The van der Waals surface area contributed by atoms with Gasteiger partial charge in [-0.1, -0.05) is 195 Å². The molecule has 352 valence electrons. The Morgan fingerprint density at radius 2 is 0.613 bits per heavy atom. The molecule has 3 rings (SSSR count). The van der Waals surface area contributed by atoms with Crippen LogP contribution >= 0.6 is 0 Å². The first kappa shape index (κ1) is 52.9. The molecule has 8 nitrogen and oxygen atoms in total. The molecule has 0 saturated carbocycles. The quantitative estimate of drug-likeness (QED) is 0.0564. The summed E-state index contributed by atoms with van der Waals surface area (Å²) in [5, 5.41) is 12.0. The number of benzene rings is 2. The third-order valence-corrected chi connectivity index (χ3v) is 12.1. The van der Waals surface area contributed by atoms with Crippen LogP contribution < -0.4 is 23.7 Å². The molecule has 2 aromatic carbocycles. The highest BCUT2D eigenvalue weighted by Crippen LogP contribution is 2.50. The van der Waals surface area contributed by atoms with Crippen molar-refractivity contribution >= 4 is 11.6 Å². The Balaban J connectivity index is 2.05. The predicted molar refractivity (Wildman–Crippen MR) is 256 cm³/mol. The lowest BCUT2D eigenvalue weighted by Crippen LogP contribution is -2.24. The Kier molecular flexibility index (Phi) is 28.3. The number of unbranched alkanes of at least 4 members (excludes halogenated alkanes) is 25. The summed E-state index contributed by atoms with van der Waals surface area (Å²) < 4.78 is 32.3. The van der Waals surface area contributed by atoms with Crippen molar-refractivity contribution in [1.82, 2.24) is 0 Å². The smallest absolute Gasteiger partial charge is 0.204 e. The lowest BCUT2D eigenvalue weighted by atomic mass is 9.82. The Labute approximate surface area is 377 Å². The van der Waals surface area contributed by atoms with Gasteiger partial charge < -0.3 is 28.8 Å². The minimum atomic E-state index is -0.463. The topological polar surface area (TPSA) is 101 Å². The zero-order chi connectivity index (χ0) is 44.6. The van der Waals surface area contributed by atoms with E-state index in [2.05, 4.69) is 34.6 Å². The predicted octanol–water partition coefficient (Wildman–Crippen LogP) is 15.9. The van der Waals surface area contributed by atoms with Gasteiger partial charge in [0.25, 0.3) is 0 Å². The van der Waals surface area contributed by atoms with Crippen LogP contribution in [0.15, 0.2) is 12.1 Å². The number of ether oxygens (including phenoxy) is 5. The summed E-state index contributed by atoms with van der Waals surface area (Å²) in [6.45, 7) is 13.1. The molecular weight excluding hydrogens is 777 g/mol. The van der Waals surface area contributed by atoms with E-state index in [0.29, 0.717) is 50.3 Å². The summed E-state index contributed by atoms with van der Waals surface area (Å²) in [5.41, 5.74) is 0.359. The van der Waals surface area contributed by atoms with E-state index in [1.54, 1.807) is 12.1 Å². The van der Waals surface area contributed by atoms with Gasteiger partial charge in [-0.05, 0) is 44.2 Å². The van der Waals surface area contributed by atoms with Gasteiger partial charge in [-0.2, -0.15) is 0 Å². The van der Waals surface area contributed by atoms with Gasteiger partial charge in [0.1, 0.15) is 0 Å². The molecule has 0 bridgehead atoms. The second-order valence-corrected chi connectivity index (χ2v) is 17.7. The number of carbonyl (C=O) groups excluding carboxylic acids is 2. The molecule has 0 atom stereocenters. The Morgan fingerprint density at radius 3 is 1.00 bits per heavy atom. The minimum absolute atomic E-state index is 0.0585. The van der Waals surface area contributed by atoms with Gasteiger partial charge in [-0.3, -0.25) is 9.59 Å². The third kappa shape index (κ3) is 18.4. The highest BCUT2D eigenvalue weighted by molar-refractivity contribution is 6.31. The number of phenolic OH excluding ortho intramolecular Hbond substituents is 1. The van der Waals surface area contributed by atoms with Crippen LogP contribution in [0.2, 0.25) is 0 Å². The second kappa shape index (κ2) is 33.1. The van der Waals surface area contributed by atoms with Gasteiger partial charge in [0, 0.05) is 11.1 Å². The molecule has 1 N–H and O–H groups in total. The molecule has 0 amide bonds. The van der Waals surface area contributed by atoms with Gasteiger partial charge in [0.05, 0.1) is 44.2 Å². The molecule has 0 aromatic heterocycles. The summed E-state index contributed by atoms with van der Waals surface area (Å²) in [5.74, 6) is 0.274. The fraction of sp³-hybridized carbons (Fsp3) is 0.741. The standard InChI is InChI=1S/C54H88O8/c1-6-11-16-21-26-31-36-58-45-41-43-47(51(57)52(45)60-38-33-28-23-18-13-8-3)49(55)44-42-46(59-37-32-27-22-17-12-7-2)53(61-39-34-29-24-19-14-9-4)54(48(44)50(43)56)62-40-35-30-25-20-15-10-5/h41-42,57H,6-40H2,1-5H3. The van der Waals surface area contributed by atoms with E-state index in [1.807, 2.05) is 0 Å². The fourth-order valence-corrected chi connectivity index (χ4v) is 8.25.